The normalized spacial score (nSPS) is 26.7. The van der Waals surface area contributed by atoms with Gasteiger partial charge >= 0.3 is 11.7 Å². The molecule has 4 N–H and O–H groups in total. The zero-order valence-electron chi connectivity index (χ0n) is 21.0. The van der Waals surface area contributed by atoms with E-state index in [0.29, 0.717) is 28.8 Å². The van der Waals surface area contributed by atoms with E-state index in [-0.39, 0.29) is 27.6 Å². The first-order chi connectivity index (χ1) is 18.1. The largest absolute Gasteiger partial charge is 0.449 e. The maximum Gasteiger partial charge on any atom is 0.338 e. The van der Waals surface area contributed by atoms with Crippen LogP contribution < -0.4 is 15.7 Å². The molecule has 10 nitrogen and oxygen atoms in total. The van der Waals surface area contributed by atoms with Crippen LogP contribution in [-0.2, 0) is 19.6 Å². The Hall–Kier alpha value is -3.60. The minimum absolute atomic E-state index is 0.0254. The Bertz CT molecular complexity index is 1540. The highest BCUT2D eigenvalue weighted by Crippen LogP contribution is 2.55. The molecule has 4 bridgehead atoms. The van der Waals surface area contributed by atoms with Gasteiger partial charge in [-0.3, -0.25) is 9.52 Å². The zero-order chi connectivity index (χ0) is 26.7. The minimum Gasteiger partial charge on any atom is -0.449 e. The molecule has 11 heteroatoms. The van der Waals surface area contributed by atoms with Gasteiger partial charge in [0.05, 0.1) is 21.5 Å². The lowest BCUT2D eigenvalue weighted by Gasteiger charge is -2.57. The van der Waals surface area contributed by atoms with E-state index < -0.39 is 27.8 Å². The van der Waals surface area contributed by atoms with Crippen LogP contribution in [0.5, 0.6) is 0 Å². The average molecular weight is 539 g/mol. The van der Waals surface area contributed by atoms with Gasteiger partial charge in [0.2, 0.25) is 0 Å². The Morgan fingerprint density at radius 3 is 2.18 bits per heavy atom. The van der Waals surface area contributed by atoms with Crippen LogP contribution in [0.2, 0.25) is 0 Å². The summed E-state index contributed by atoms with van der Waals surface area (Å²) in [6.45, 7) is 1.57. The molecule has 1 amide bonds. The number of nitrogens with one attached hydrogen (secondary N) is 4. The van der Waals surface area contributed by atoms with E-state index in [1.807, 2.05) is 0 Å². The van der Waals surface area contributed by atoms with E-state index in [1.165, 1.54) is 61.7 Å². The Labute approximate surface area is 219 Å². The molecule has 0 saturated heterocycles. The first-order valence-electron chi connectivity index (χ1n) is 13.0. The second-order valence-corrected chi connectivity index (χ2v) is 12.9. The molecular formula is C27H30N4O6S. The molecule has 3 aromatic rings. The Balaban J connectivity index is 1.07. The zero-order valence-corrected chi connectivity index (χ0v) is 21.8. The number of benzene rings is 2. The lowest BCUT2D eigenvalue weighted by atomic mass is 9.53. The second-order valence-electron chi connectivity index (χ2n) is 11.2. The van der Waals surface area contributed by atoms with Crippen molar-refractivity contribution < 1.29 is 22.7 Å². The maximum absolute atomic E-state index is 12.9. The van der Waals surface area contributed by atoms with Crippen LogP contribution in [0.1, 0.15) is 55.8 Å². The number of ether oxygens (including phenoxy) is 1. The van der Waals surface area contributed by atoms with Crippen LogP contribution in [0.15, 0.2) is 52.2 Å². The van der Waals surface area contributed by atoms with Crippen molar-refractivity contribution in [1.82, 2.24) is 15.3 Å². The first kappa shape index (κ1) is 24.7. The molecule has 38 heavy (non-hydrogen) atoms. The number of anilines is 1. The summed E-state index contributed by atoms with van der Waals surface area (Å²) in [6.07, 6.45) is 5.92. The monoisotopic (exact) mass is 538 g/mol. The summed E-state index contributed by atoms with van der Waals surface area (Å²) >= 11 is 0. The lowest BCUT2D eigenvalue weighted by molar-refractivity contribution is -0.134. The molecule has 0 aliphatic heterocycles. The molecule has 1 aromatic heterocycles. The molecule has 200 valence electrons. The number of carbonyl (C=O) groups is 2. The molecule has 7 rings (SSSR count). The number of H-pyrrole nitrogens is 2. The number of fused-ring (bicyclic) bond motifs is 1. The highest BCUT2D eigenvalue weighted by Gasteiger charge is 2.51. The van der Waals surface area contributed by atoms with Crippen LogP contribution in [0.4, 0.5) is 5.69 Å². The van der Waals surface area contributed by atoms with Crippen molar-refractivity contribution >= 4 is 38.6 Å². The fourth-order valence-electron chi connectivity index (χ4n) is 6.98. The number of esters is 1. The summed E-state index contributed by atoms with van der Waals surface area (Å²) in [5.41, 5.74) is 0.733. The molecule has 4 saturated carbocycles. The number of carbonyl (C=O) groups excluding carboxylic acids is 2. The van der Waals surface area contributed by atoms with Gasteiger partial charge in [0, 0.05) is 11.2 Å². The highest BCUT2D eigenvalue weighted by molar-refractivity contribution is 7.92. The van der Waals surface area contributed by atoms with Crippen LogP contribution in [0.3, 0.4) is 0 Å². The number of hydrogen-bond donors (Lipinski definition) is 4. The predicted octanol–water partition coefficient (Wildman–Crippen LogP) is 3.29. The van der Waals surface area contributed by atoms with Crippen molar-refractivity contribution in [2.24, 2.45) is 17.8 Å². The first-order valence-corrected chi connectivity index (χ1v) is 14.4. The van der Waals surface area contributed by atoms with Crippen molar-refractivity contribution in [3.8, 4) is 0 Å². The number of rotatable bonds is 7. The number of hydrogen-bond acceptors (Lipinski definition) is 6. The van der Waals surface area contributed by atoms with E-state index in [2.05, 4.69) is 20.0 Å². The Kier molecular flexibility index (Phi) is 5.86. The molecular weight excluding hydrogens is 508 g/mol. The second kappa shape index (κ2) is 9.00. The van der Waals surface area contributed by atoms with Gasteiger partial charge in [-0.1, -0.05) is 0 Å². The van der Waals surface area contributed by atoms with Crippen molar-refractivity contribution in [2.45, 2.75) is 62.0 Å². The van der Waals surface area contributed by atoms with Crippen LogP contribution in [0, 0.1) is 17.8 Å². The van der Waals surface area contributed by atoms with Gasteiger partial charge in [0.15, 0.2) is 6.10 Å². The van der Waals surface area contributed by atoms with E-state index in [9.17, 15) is 22.8 Å². The van der Waals surface area contributed by atoms with Crippen molar-refractivity contribution in [2.75, 3.05) is 4.72 Å². The average Bonchev–Trinajstić information content (AvgIpc) is 3.22. The molecule has 4 aliphatic carbocycles. The van der Waals surface area contributed by atoms with E-state index >= 15 is 0 Å². The number of amides is 1. The summed E-state index contributed by atoms with van der Waals surface area (Å²) in [5, 5.41) is 3.23. The Morgan fingerprint density at radius 2 is 1.55 bits per heavy atom. The number of aromatic nitrogens is 2. The molecule has 0 unspecified atom stereocenters. The fourth-order valence-corrected chi connectivity index (χ4v) is 8.06. The number of imidazole rings is 1. The SMILES string of the molecule is C[C@@H](OC(=O)c1ccc(NS(=O)(=O)c2ccc3[nH]c(=O)[nH]c3c2)cc1)C(=O)NC12CC3CC(CC(C3)C1)C2. The van der Waals surface area contributed by atoms with Crippen LogP contribution in [0.25, 0.3) is 11.0 Å². The predicted molar refractivity (Wildman–Crippen MR) is 140 cm³/mol. The molecule has 2 aromatic carbocycles. The maximum atomic E-state index is 12.9. The molecule has 4 aliphatic rings. The van der Waals surface area contributed by atoms with Gasteiger partial charge in [-0.25, -0.2) is 18.0 Å². The molecule has 4 fully saturated rings. The van der Waals surface area contributed by atoms with Crippen LogP contribution >= 0.6 is 0 Å². The third-order valence-electron chi connectivity index (χ3n) is 8.25. The van der Waals surface area contributed by atoms with Gasteiger partial charge in [-0.05, 0) is 106 Å². The summed E-state index contributed by atoms with van der Waals surface area (Å²) < 4.78 is 33.5. The van der Waals surface area contributed by atoms with Crippen molar-refractivity contribution in [3.63, 3.8) is 0 Å². The summed E-state index contributed by atoms with van der Waals surface area (Å²) in [5.74, 6) is 1.14. The van der Waals surface area contributed by atoms with Gasteiger partial charge in [0.25, 0.3) is 15.9 Å². The number of aromatic amines is 2. The van der Waals surface area contributed by atoms with E-state index in [0.717, 1.165) is 19.3 Å². The molecule has 0 radical (unpaired) electrons. The van der Waals surface area contributed by atoms with Gasteiger partial charge in [0.1, 0.15) is 0 Å². The lowest BCUT2D eigenvalue weighted by Crippen LogP contribution is -2.61. The van der Waals surface area contributed by atoms with Crippen LogP contribution in [-0.4, -0.2) is 41.9 Å². The summed E-state index contributed by atoms with van der Waals surface area (Å²) in [4.78, 5) is 42.1. The fraction of sp³-hybridized carbons (Fsp3) is 0.444. The quantitative estimate of drug-likeness (QED) is 0.339. The molecule has 0 spiro atoms. The van der Waals surface area contributed by atoms with Gasteiger partial charge < -0.3 is 20.0 Å². The minimum atomic E-state index is -3.94. The van der Waals surface area contributed by atoms with E-state index in [1.54, 1.807) is 6.92 Å². The third kappa shape index (κ3) is 4.70. The van der Waals surface area contributed by atoms with Gasteiger partial charge in [-0.15, -0.1) is 0 Å². The van der Waals surface area contributed by atoms with Crippen molar-refractivity contribution in [3.05, 3.63) is 58.5 Å². The van der Waals surface area contributed by atoms with Crippen molar-refractivity contribution in [1.29, 1.82) is 0 Å². The van der Waals surface area contributed by atoms with E-state index in [4.69, 9.17) is 4.74 Å². The highest BCUT2D eigenvalue weighted by atomic mass is 32.2. The molecule has 1 atom stereocenters. The Morgan fingerprint density at radius 1 is 0.947 bits per heavy atom. The third-order valence-corrected chi connectivity index (χ3v) is 9.63. The summed E-state index contributed by atoms with van der Waals surface area (Å²) in [7, 11) is -3.94. The number of sulfonamides is 1. The van der Waals surface area contributed by atoms with Gasteiger partial charge in [-0.2, -0.15) is 0 Å². The summed E-state index contributed by atoms with van der Waals surface area (Å²) in [6, 6.07) is 10.0. The molecule has 1 heterocycles. The standard InChI is InChI=1S/C27H30N4O6S/c1-15(24(32)30-27-12-16-8-17(13-27)10-18(9-16)14-27)37-25(33)19-2-4-20(5-3-19)31-38(35,36)21-6-7-22-23(11-21)29-26(34)28-22/h2-7,11,15-18,31H,8-10,12-14H2,1H3,(H,30,32)(H2,28,29,34)/t15-,16?,17?,18?,27?/m1/s1. The smallest absolute Gasteiger partial charge is 0.338 e. The topological polar surface area (TPSA) is 150 Å².